The van der Waals surface area contributed by atoms with Gasteiger partial charge in [0.1, 0.15) is 0 Å². The van der Waals surface area contributed by atoms with Gasteiger partial charge in [0.15, 0.2) is 5.11 Å². The molecule has 3 aromatic rings. The minimum absolute atomic E-state index is 0.0658. The first kappa shape index (κ1) is 18.4. The largest absolute Gasteiger partial charge is 0.348 e. The van der Waals surface area contributed by atoms with Crippen LogP contribution in [0.25, 0.3) is 0 Å². The maximum absolute atomic E-state index is 6.56. The van der Waals surface area contributed by atoms with Crippen LogP contribution in [0.15, 0.2) is 60.8 Å². The van der Waals surface area contributed by atoms with E-state index in [2.05, 4.69) is 52.2 Å². The lowest BCUT2D eigenvalue weighted by molar-refractivity contribution is 0.293. The lowest BCUT2D eigenvalue weighted by Gasteiger charge is -2.39. The summed E-state index contributed by atoms with van der Waals surface area (Å²) in [5.41, 5.74) is 4.35. The zero-order chi connectivity index (χ0) is 19.0. The third kappa shape index (κ3) is 3.70. The second-order valence-corrected chi connectivity index (χ2v) is 7.91. The van der Waals surface area contributed by atoms with E-state index in [0.29, 0.717) is 15.2 Å². The molecule has 0 fully saturated rings. The zero-order valence-electron chi connectivity index (χ0n) is 14.8. The molecule has 0 radical (unpaired) electrons. The van der Waals surface area contributed by atoms with Gasteiger partial charge in [-0.25, -0.2) is 0 Å². The second kappa shape index (κ2) is 7.55. The molecule has 0 aliphatic carbocycles. The number of thiocarbonyl (C=S) groups is 1. The van der Waals surface area contributed by atoms with Gasteiger partial charge in [-0.2, -0.15) is 0 Å². The first-order valence-electron chi connectivity index (χ1n) is 8.77. The Hall–Kier alpha value is -2.01. The Morgan fingerprint density at radius 1 is 1.07 bits per heavy atom. The highest BCUT2D eigenvalue weighted by molar-refractivity contribution is 7.80. The topological polar surface area (TPSA) is 20.2 Å². The molecule has 2 heterocycles. The van der Waals surface area contributed by atoms with Crippen LogP contribution in [0, 0.1) is 6.92 Å². The van der Waals surface area contributed by atoms with Crippen molar-refractivity contribution in [2.24, 2.45) is 0 Å². The molecule has 0 unspecified atom stereocenters. The maximum Gasteiger partial charge on any atom is 0.174 e. The Morgan fingerprint density at radius 2 is 1.85 bits per heavy atom. The number of anilines is 1. The Balaban J connectivity index is 1.70. The summed E-state index contributed by atoms with van der Waals surface area (Å²) in [5, 5.41) is 5.32. The summed E-state index contributed by atoms with van der Waals surface area (Å²) in [6.45, 7) is 3.74. The molecule has 0 bridgehead atoms. The van der Waals surface area contributed by atoms with Crippen LogP contribution in [0.5, 0.6) is 0 Å². The van der Waals surface area contributed by atoms with Crippen LogP contribution in [0.2, 0.25) is 10.0 Å². The summed E-state index contributed by atoms with van der Waals surface area (Å²) in [6, 6.07) is 18.0. The molecule has 2 aromatic carbocycles. The van der Waals surface area contributed by atoms with Crippen LogP contribution in [0.4, 0.5) is 5.69 Å². The van der Waals surface area contributed by atoms with Gasteiger partial charge in [-0.15, -0.1) is 0 Å². The van der Waals surface area contributed by atoms with Gasteiger partial charge in [0.25, 0.3) is 0 Å². The molecule has 1 atom stereocenters. The minimum atomic E-state index is -0.0658. The second-order valence-electron chi connectivity index (χ2n) is 6.68. The Kier molecular flexibility index (Phi) is 5.13. The van der Waals surface area contributed by atoms with Gasteiger partial charge < -0.3 is 14.8 Å². The maximum atomic E-state index is 6.56. The van der Waals surface area contributed by atoms with Crippen molar-refractivity contribution in [2.75, 3.05) is 11.9 Å². The Labute approximate surface area is 174 Å². The summed E-state index contributed by atoms with van der Waals surface area (Å²) in [4.78, 5) is 2.19. The average molecular weight is 416 g/mol. The van der Waals surface area contributed by atoms with Crippen LogP contribution in [-0.2, 0) is 6.54 Å². The van der Waals surface area contributed by atoms with Gasteiger partial charge in [-0.3, -0.25) is 0 Å². The molecule has 1 N–H and O–H groups in total. The first-order chi connectivity index (χ1) is 13.0. The number of hydrogen-bond donors (Lipinski definition) is 1. The van der Waals surface area contributed by atoms with Crippen LogP contribution in [0.3, 0.4) is 0 Å². The Morgan fingerprint density at radius 3 is 2.59 bits per heavy atom. The van der Waals surface area contributed by atoms with E-state index in [4.69, 9.17) is 35.4 Å². The fraction of sp³-hybridized carbons (Fsp3) is 0.190. The van der Waals surface area contributed by atoms with Crippen LogP contribution in [-0.4, -0.2) is 21.1 Å². The number of fused-ring (bicyclic) bond motifs is 1. The van der Waals surface area contributed by atoms with Crippen molar-refractivity contribution in [3.05, 3.63) is 87.7 Å². The first-order valence-corrected chi connectivity index (χ1v) is 9.93. The number of benzene rings is 2. The molecule has 1 aromatic heterocycles. The van der Waals surface area contributed by atoms with Crippen molar-refractivity contribution in [2.45, 2.75) is 19.5 Å². The normalized spacial score (nSPS) is 16.1. The minimum Gasteiger partial charge on any atom is -0.348 e. The van der Waals surface area contributed by atoms with E-state index in [1.165, 1.54) is 11.3 Å². The van der Waals surface area contributed by atoms with Crippen molar-refractivity contribution in [3.8, 4) is 0 Å². The van der Waals surface area contributed by atoms with E-state index in [1.54, 1.807) is 6.07 Å². The van der Waals surface area contributed by atoms with Crippen molar-refractivity contribution in [1.82, 2.24) is 9.47 Å². The van der Waals surface area contributed by atoms with Crippen LogP contribution < -0.4 is 5.32 Å². The number of halogens is 2. The van der Waals surface area contributed by atoms with Crippen molar-refractivity contribution < 1.29 is 0 Å². The highest BCUT2D eigenvalue weighted by Gasteiger charge is 2.31. The predicted molar refractivity (Wildman–Crippen MR) is 117 cm³/mol. The molecule has 3 nitrogen and oxygen atoms in total. The molecule has 0 spiro atoms. The van der Waals surface area contributed by atoms with Gasteiger partial charge in [0.05, 0.1) is 6.04 Å². The highest BCUT2D eigenvalue weighted by Crippen LogP contribution is 2.37. The van der Waals surface area contributed by atoms with E-state index in [1.807, 2.05) is 24.3 Å². The quantitative estimate of drug-likeness (QED) is 0.525. The number of rotatable bonds is 2. The van der Waals surface area contributed by atoms with Crippen molar-refractivity contribution >= 4 is 46.2 Å². The van der Waals surface area contributed by atoms with E-state index in [9.17, 15) is 0 Å². The summed E-state index contributed by atoms with van der Waals surface area (Å²) in [6.07, 6.45) is 2.10. The number of nitrogens with one attached hydrogen (secondary N) is 1. The molecule has 4 rings (SSSR count). The van der Waals surface area contributed by atoms with Crippen LogP contribution in [0.1, 0.15) is 22.9 Å². The van der Waals surface area contributed by atoms with Crippen molar-refractivity contribution in [1.29, 1.82) is 0 Å². The predicted octanol–water partition coefficient (Wildman–Crippen LogP) is 5.91. The molecule has 0 amide bonds. The molecule has 0 saturated carbocycles. The number of aromatic nitrogens is 1. The summed E-state index contributed by atoms with van der Waals surface area (Å²) in [7, 11) is 0. The third-order valence-corrected chi connectivity index (χ3v) is 5.76. The molecule has 138 valence electrons. The monoisotopic (exact) mass is 415 g/mol. The molecule has 0 saturated heterocycles. The van der Waals surface area contributed by atoms with Gasteiger partial charge in [0, 0.05) is 40.7 Å². The SMILES string of the molecule is Cc1ccc(NC(=S)N2CCn3cccc3[C@@H]2c2ccc(Cl)cc2Cl)cc1. The fourth-order valence-corrected chi connectivity index (χ4v) is 4.31. The highest BCUT2D eigenvalue weighted by atomic mass is 35.5. The molecular weight excluding hydrogens is 397 g/mol. The lowest BCUT2D eigenvalue weighted by atomic mass is 10.00. The van der Waals surface area contributed by atoms with Gasteiger partial charge in [-0.05, 0) is 61.1 Å². The Bertz CT molecular complexity index is 981. The van der Waals surface area contributed by atoms with E-state index >= 15 is 0 Å². The average Bonchev–Trinajstić information content (AvgIpc) is 3.12. The number of hydrogen-bond acceptors (Lipinski definition) is 1. The molecular formula is C21H19Cl2N3S. The molecule has 1 aliphatic rings. The van der Waals surface area contributed by atoms with Crippen molar-refractivity contribution in [3.63, 3.8) is 0 Å². The van der Waals surface area contributed by atoms with Gasteiger partial charge >= 0.3 is 0 Å². The van der Waals surface area contributed by atoms with E-state index in [-0.39, 0.29) is 6.04 Å². The number of aryl methyl sites for hydroxylation is 1. The summed E-state index contributed by atoms with van der Waals surface area (Å²) >= 11 is 18.4. The van der Waals surface area contributed by atoms with E-state index in [0.717, 1.165) is 24.3 Å². The lowest BCUT2D eigenvalue weighted by Crippen LogP contribution is -2.44. The standard InChI is InChI=1S/C21H19Cl2N3S/c1-14-4-7-16(8-5-14)24-21(27)26-12-11-25-10-2-3-19(25)20(26)17-9-6-15(22)13-18(17)23/h2-10,13,20H,11-12H2,1H3,(H,24,27)/t20-/m0/s1. The fourth-order valence-electron chi connectivity index (χ4n) is 3.48. The van der Waals surface area contributed by atoms with Gasteiger partial charge in [0.2, 0.25) is 0 Å². The summed E-state index contributed by atoms with van der Waals surface area (Å²) < 4.78 is 2.25. The van der Waals surface area contributed by atoms with E-state index < -0.39 is 0 Å². The van der Waals surface area contributed by atoms with Crippen LogP contribution >= 0.6 is 35.4 Å². The zero-order valence-corrected chi connectivity index (χ0v) is 17.2. The molecule has 1 aliphatic heterocycles. The summed E-state index contributed by atoms with van der Waals surface area (Å²) in [5.74, 6) is 0. The molecule has 27 heavy (non-hydrogen) atoms. The molecule has 6 heteroatoms. The van der Waals surface area contributed by atoms with Gasteiger partial charge in [-0.1, -0.05) is 47.0 Å². The number of nitrogens with zero attached hydrogens (tertiary/aromatic N) is 2. The smallest absolute Gasteiger partial charge is 0.174 e. The third-order valence-electron chi connectivity index (χ3n) is 4.86.